The molecule has 2 aliphatic rings. The Morgan fingerprint density at radius 2 is 1.70 bits per heavy atom. The molecule has 1 aromatic carbocycles. The molecule has 4 rings (SSSR count). The fourth-order valence-electron chi connectivity index (χ4n) is 3.63. The lowest BCUT2D eigenvalue weighted by molar-refractivity contribution is -0.169. The van der Waals surface area contributed by atoms with Crippen LogP contribution in [-0.2, 0) is 9.47 Å². The lowest BCUT2D eigenvalue weighted by Gasteiger charge is -2.38. The third kappa shape index (κ3) is 3.99. The van der Waals surface area contributed by atoms with E-state index in [0.29, 0.717) is 13.2 Å². The molecule has 1 N–H and O–H groups in total. The van der Waals surface area contributed by atoms with Crippen molar-refractivity contribution in [1.82, 2.24) is 9.97 Å². The zero-order valence-electron chi connectivity index (χ0n) is 16.2. The lowest BCUT2D eigenvalue weighted by atomic mass is 10.0. The van der Waals surface area contributed by atoms with Gasteiger partial charge in [-0.1, -0.05) is 0 Å². The Bertz CT molecular complexity index is 777. The lowest BCUT2D eigenvalue weighted by Crippen LogP contribution is -2.45. The van der Waals surface area contributed by atoms with Gasteiger partial charge in [0.1, 0.15) is 17.5 Å². The van der Waals surface area contributed by atoms with Crippen molar-refractivity contribution in [3.05, 3.63) is 36.2 Å². The average Bonchev–Trinajstić information content (AvgIpc) is 3.10. The van der Waals surface area contributed by atoms with Crippen LogP contribution in [0.5, 0.6) is 0 Å². The molecule has 0 atom stereocenters. The van der Waals surface area contributed by atoms with Crippen LogP contribution in [0.1, 0.15) is 18.7 Å². The minimum absolute atomic E-state index is 0.367. The van der Waals surface area contributed by atoms with Crippen molar-refractivity contribution in [1.29, 1.82) is 0 Å². The van der Waals surface area contributed by atoms with E-state index in [-0.39, 0.29) is 5.79 Å². The zero-order valence-corrected chi connectivity index (χ0v) is 16.2. The van der Waals surface area contributed by atoms with Crippen LogP contribution in [0.25, 0.3) is 0 Å². The highest BCUT2D eigenvalue weighted by molar-refractivity contribution is 5.62. The van der Waals surface area contributed by atoms with Crippen molar-refractivity contribution in [2.75, 3.05) is 55.5 Å². The number of nitrogens with zero attached hydrogens (tertiary/aromatic N) is 4. The van der Waals surface area contributed by atoms with E-state index in [1.807, 2.05) is 27.1 Å². The topological polar surface area (TPSA) is 62.8 Å². The summed E-state index contributed by atoms with van der Waals surface area (Å²) in [6.07, 6.45) is 1.73. The highest BCUT2D eigenvalue weighted by Crippen LogP contribution is 2.33. The molecular formula is C20H27N5O2. The Balaban J connectivity index is 1.46. The van der Waals surface area contributed by atoms with Gasteiger partial charge in [-0.05, 0) is 31.2 Å². The molecule has 0 radical (unpaired) electrons. The predicted molar refractivity (Wildman–Crippen MR) is 107 cm³/mol. The minimum Gasteiger partial charge on any atom is -0.378 e. The second-order valence-electron chi connectivity index (χ2n) is 7.32. The number of aryl methyl sites for hydroxylation is 1. The van der Waals surface area contributed by atoms with E-state index < -0.39 is 0 Å². The molecule has 2 fully saturated rings. The van der Waals surface area contributed by atoms with Crippen LogP contribution in [0.3, 0.4) is 0 Å². The van der Waals surface area contributed by atoms with Crippen molar-refractivity contribution >= 4 is 23.0 Å². The van der Waals surface area contributed by atoms with Crippen molar-refractivity contribution in [3.63, 3.8) is 0 Å². The summed E-state index contributed by atoms with van der Waals surface area (Å²) in [4.78, 5) is 13.5. The first-order chi connectivity index (χ1) is 13.0. The third-order valence-corrected chi connectivity index (χ3v) is 5.14. The van der Waals surface area contributed by atoms with E-state index in [0.717, 1.165) is 49.1 Å². The van der Waals surface area contributed by atoms with Crippen molar-refractivity contribution in [2.45, 2.75) is 25.6 Å². The molecule has 144 valence electrons. The van der Waals surface area contributed by atoms with Crippen LogP contribution < -0.4 is 15.1 Å². The Kier molecular flexibility index (Phi) is 4.88. The van der Waals surface area contributed by atoms with Crippen molar-refractivity contribution in [2.24, 2.45) is 0 Å². The van der Waals surface area contributed by atoms with Gasteiger partial charge >= 0.3 is 0 Å². The zero-order chi connectivity index (χ0) is 18.9. The Hall–Kier alpha value is -2.38. The number of nitrogens with one attached hydrogen (secondary N) is 1. The van der Waals surface area contributed by atoms with Gasteiger partial charge in [0.25, 0.3) is 0 Å². The smallest absolute Gasteiger partial charge is 0.171 e. The van der Waals surface area contributed by atoms with Crippen LogP contribution in [-0.4, -0.2) is 56.2 Å². The average molecular weight is 369 g/mol. The first kappa shape index (κ1) is 18.0. The number of anilines is 4. The number of aromatic nitrogens is 2. The van der Waals surface area contributed by atoms with E-state index >= 15 is 0 Å². The molecule has 2 saturated heterocycles. The van der Waals surface area contributed by atoms with E-state index in [2.05, 4.69) is 49.4 Å². The highest BCUT2D eigenvalue weighted by Gasteiger charge is 2.40. The molecule has 27 heavy (non-hydrogen) atoms. The Morgan fingerprint density at radius 1 is 1.04 bits per heavy atom. The van der Waals surface area contributed by atoms with Gasteiger partial charge in [-0.3, -0.25) is 0 Å². The van der Waals surface area contributed by atoms with Crippen LogP contribution >= 0.6 is 0 Å². The largest absolute Gasteiger partial charge is 0.378 e. The summed E-state index contributed by atoms with van der Waals surface area (Å²) in [6.45, 7) is 5.07. The Morgan fingerprint density at radius 3 is 2.33 bits per heavy atom. The van der Waals surface area contributed by atoms with Gasteiger partial charge in [0.05, 0.1) is 13.2 Å². The Labute approximate surface area is 160 Å². The molecule has 0 bridgehead atoms. The number of hydrogen-bond donors (Lipinski definition) is 1. The maximum atomic E-state index is 5.82. The molecule has 0 aliphatic carbocycles. The third-order valence-electron chi connectivity index (χ3n) is 5.14. The fourth-order valence-corrected chi connectivity index (χ4v) is 3.63. The number of benzene rings is 1. The summed E-state index contributed by atoms with van der Waals surface area (Å²) in [7, 11) is 4.07. The summed E-state index contributed by atoms with van der Waals surface area (Å²) < 4.78 is 11.6. The standard InChI is InChI=1S/C20H27N5O2/c1-15-21-18(23-16-4-6-17(7-5-16)24(2)3)14-19(22-15)25-10-8-20(9-11-25)26-12-13-27-20/h4-7,14H,8-13H2,1-3H3,(H,21,22,23). The number of rotatable bonds is 4. The molecule has 1 spiro atoms. The maximum absolute atomic E-state index is 5.82. The molecule has 0 unspecified atom stereocenters. The molecule has 0 amide bonds. The first-order valence-corrected chi connectivity index (χ1v) is 9.46. The normalized spacial score (nSPS) is 18.7. The van der Waals surface area contributed by atoms with Crippen molar-refractivity contribution < 1.29 is 9.47 Å². The molecular weight excluding hydrogens is 342 g/mol. The summed E-state index contributed by atoms with van der Waals surface area (Å²) >= 11 is 0. The van der Waals surface area contributed by atoms with Gasteiger partial charge in [-0.2, -0.15) is 0 Å². The van der Waals surface area contributed by atoms with Crippen LogP contribution in [0.2, 0.25) is 0 Å². The van der Waals surface area contributed by atoms with E-state index in [9.17, 15) is 0 Å². The van der Waals surface area contributed by atoms with Gasteiger partial charge < -0.3 is 24.6 Å². The van der Waals surface area contributed by atoms with Crippen LogP contribution in [0.15, 0.2) is 30.3 Å². The summed E-state index contributed by atoms with van der Waals surface area (Å²) in [6, 6.07) is 10.3. The maximum Gasteiger partial charge on any atom is 0.171 e. The molecule has 1 aromatic heterocycles. The summed E-state index contributed by atoms with van der Waals surface area (Å²) in [5, 5.41) is 3.39. The van der Waals surface area contributed by atoms with Crippen LogP contribution in [0.4, 0.5) is 23.0 Å². The highest BCUT2D eigenvalue weighted by atomic mass is 16.7. The number of piperidine rings is 1. The fraction of sp³-hybridized carbons (Fsp3) is 0.500. The predicted octanol–water partition coefficient (Wildman–Crippen LogP) is 2.94. The van der Waals surface area contributed by atoms with E-state index in [1.54, 1.807) is 0 Å². The van der Waals surface area contributed by atoms with Gasteiger partial charge in [0.2, 0.25) is 0 Å². The molecule has 2 aliphatic heterocycles. The SMILES string of the molecule is Cc1nc(Nc2ccc(N(C)C)cc2)cc(N2CCC3(CC2)OCCO3)n1. The summed E-state index contributed by atoms with van der Waals surface area (Å²) in [5.74, 6) is 2.15. The quantitative estimate of drug-likeness (QED) is 0.889. The van der Waals surface area contributed by atoms with Crippen LogP contribution in [0, 0.1) is 6.92 Å². The molecule has 2 aromatic rings. The van der Waals surface area contributed by atoms with Gasteiger partial charge in [-0.15, -0.1) is 0 Å². The number of ether oxygens (including phenoxy) is 2. The molecule has 7 nitrogen and oxygen atoms in total. The first-order valence-electron chi connectivity index (χ1n) is 9.46. The minimum atomic E-state index is -0.367. The molecule has 7 heteroatoms. The number of hydrogen-bond acceptors (Lipinski definition) is 7. The van der Waals surface area contributed by atoms with Crippen molar-refractivity contribution in [3.8, 4) is 0 Å². The monoisotopic (exact) mass is 369 g/mol. The second kappa shape index (κ2) is 7.32. The second-order valence-corrected chi connectivity index (χ2v) is 7.32. The van der Waals surface area contributed by atoms with Gasteiger partial charge in [0.15, 0.2) is 5.79 Å². The molecule has 3 heterocycles. The summed E-state index contributed by atoms with van der Waals surface area (Å²) in [5.41, 5.74) is 2.17. The van der Waals surface area contributed by atoms with Gasteiger partial charge in [0, 0.05) is 57.5 Å². The van der Waals surface area contributed by atoms with Gasteiger partial charge in [-0.25, -0.2) is 9.97 Å². The van der Waals surface area contributed by atoms with E-state index in [1.165, 1.54) is 5.69 Å². The molecule has 0 saturated carbocycles. The van der Waals surface area contributed by atoms with E-state index in [4.69, 9.17) is 9.47 Å².